The SMILES string of the molecule is CCOc1ccccc1CN(C)C(=O)[C@H](C)N.Cl. The fraction of sp³-hybridized carbons (Fsp3) is 0.462. The van der Waals surface area contributed by atoms with Crippen LogP contribution in [0.2, 0.25) is 0 Å². The average Bonchev–Trinajstić information content (AvgIpc) is 2.30. The lowest BCUT2D eigenvalue weighted by Crippen LogP contribution is -2.39. The highest BCUT2D eigenvalue weighted by molar-refractivity contribution is 5.85. The predicted molar refractivity (Wildman–Crippen MR) is 75.0 cm³/mol. The van der Waals surface area contributed by atoms with Crippen LogP contribution in [0.4, 0.5) is 0 Å². The van der Waals surface area contributed by atoms with Crippen molar-refractivity contribution in [3.8, 4) is 5.75 Å². The second-order valence-corrected chi connectivity index (χ2v) is 4.02. The minimum Gasteiger partial charge on any atom is -0.494 e. The lowest BCUT2D eigenvalue weighted by atomic mass is 10.2. The molecule has 1 aromatic carbocycles. The van der Waals surface area contributed by atoms with Crippen LogP contribution in [-0.2, 0) is 11.3 Å². The predicted octanol–water partition coefficient (Wildman–Crippen LogP) is 1.81. The Morgan fingerprint density at radius 3 is 2.61 bits per heavy atom. The molecule has 0 saturated heterocycles. The maximum Gasteiger partial charge on any atom is 0.239 e. The number of likely N-dealkylation sites (N-methyl/N-ethyl adjacent to an activating group) is 1. The maximum absolute atomic E-state index is 11.7. The number of nitrogens with two attached hydrogens (primary N) is 1. The molecular weight excluding hydrogens is 252 g/mol. The Kier molecular flexibility index (Phi) is 7.39. The molecule has 0 aromatic heterocycles. The Bertz CT molecular complexity index is 383. The second kappa shape index (κ2) is 7.95. The van der Waals surface area contributed by atoms with Gasteiger partial charge in [-0.05, 0) is 19.9 Å². The van der Waals surface area contributed by atoms with Crippen LogP contribution in [0.15, 0.2) is 24.3 Å². The highest BCUT2D eigenvalue weighted by atomic mass is 35.5. The van der Waals surface area contributed by atoms with Crippen LogP contribution in [0.1, 0.15) is 19.4 Å². The molecular formula is C13H21ClN2O2. The number of ether oxygens (including phenoxy) is 1. The summed E-state index contributed by atoms with van der Waals surface area (Å²) < 4.78 is 5.51. The smallest absolute Gasteiger partial charge is 0.239 e. The molecule has 0 radical (unpaired) electrons. The van der Waals surface area contributed by atoms with Gasteiger partial charge in [0.15, 0.2) is 0 Å². The Morgan fingerprint density at radius 1 is 1.44 bits per heavy atom. The fourth-order valence-electron chi connectivity index (χ4n) is 1.61. The van der Waals surface area contributed by atoms with Crippen molar-refractivity contribution in [2.24, 2.45) is 5.73 Å². The van der Waals surface area contributed by atoms with Gasteiger partial charge in [0.2, 0.25) is 5.91 Å². The van der Waals surface area contributed by atoms with Crippen LogP contribution in [0, 0.1) is 0 Å². The topological polar surface area (TPSA) is 55.6 Å². The molecule has 102 valence electrons. The molecule has 0 aliphatic heterocycles. The van der Waals surface area contributed by atoms with E-state index in [2.05, 4.69) is 0 Å². The first-order valence-electron chi connectivity index (χ1n) is 5.77. The van der Waals surface area contributed by atoms with Gasteiger partial charge in [-0.25, -0.2) is 0 Å². The summed E-state index contributed by atoms with van der Waals surface area (Å²) in [5.41, 5.74) is 6.56. The van der Waals surface area contributed by atoms with Gasteiger partial charge in [-0.1, -0.05) is 18.2 Å². The molecule has 1 rings (SSSR count). The molecule has 0 bridgehead atoms. The van der Waals surface area contributed by atoms with Crippen molar-refractivity contribution in [1.29, 1.82) is 0 Å². The third-order valence-electron chi connectivity index (χ3n) is 2.45. The number of halogens is 1. The van der Waals surface area contributed by atoms with Gasteiger partial charge in [-0.2, -0.15) is 0 Å². The molecule has 0 aliphatic rings. The third kappa shape index (κ3) is 4.55. The van der Waals surface area contributed by atoms with E-state index in [0.717, 1.165) is 11.3 Å². The van der Waals surface area contributed by atoms with E-state index in [4.69, 9.17) is 10.5 Å². The molecule has 1 amide bonds. The van der Waals surface area contributed by atoms with Gasteiger partial charge < -0.3 is 15.4 Å². The van der Waals surface area contributed by atoms with Gasteiger partial charge in [0.1, 0.15) is 5.75 Å². The van der Waals surface area contributed by atoms with Crippen LogP contribution >= 0.6 is 12.4 Å². The summed E-state index contributed by atoms with van der Waals surface area (Å²) >= 11 is 0. The van der Waals surface area contributed by atoms with E-state index in [1.807, 2.05) is 31.2 Å². The highest BCUT2D eigenvalue weighted by Gasteiger charge is 2.15. The lowest BCUT2D eigenvalue weighted by Gasteiger charge is -2.20. The molecule has 0 saturated carbocycles. The normalized spacial score (nSPS) is 11.3. The zero-order valence-corrected chi connectivity index (χ0v) is 11.9. The van der Waals surface area contributed by atoms with Gasteiger partial charge in [-0.3, -0.25) is 4.79 Å². The van der Waals surface area contributed by atoms with Crippen LogP contribution in [-0.4, -0.2) is 30.5 Å². The first-order valence-corrected chi connectivity index (χ1v) is 5.77. The van der Waals surface area contributed by atoms with E-state index in [0.29, 0.717) is 13.2 Å². The number of carbonyl (C=O) groups excluding carboxylic acids is 1. The molecule has 5 heteroatoms. The zero-order valence-electron chi connectivity index (χ0n) is 11.1. The van der Waals surface area contributed by atoms with Crippen LogP contribution < -0.4 is 10.5 Å². The van der Waals surface area contributed by atoms with Crippen LogP contribution in [0.25, 0.3) is 0 Å². The summed E-state index contributed by atoms with van der Waals surface area (Å²) in [6.07, 6.45) is 0. The second-order valence-electron chi connectivity index (χ2n) is 4.02. The number of para-hydroxylation sites is 1. The fourth-order valence-corrected chi connectivity index (χ4v) is 1.61. The van der Waals surface area contributed by atoms with Gasteiger partial charge >= 0.3 is 0 Å². The van der Waals surface area contributed by atoms with Gasteiger partial charge in [0.25, 0.3) is 0 Å². The first-order chi connectivity index (χ1) is 8.06. The van der Waals surface area contributed by atoms with Gasteiger partial charge in [0, 0.05) is 19.2 Å². The summed E-state index contributed by atoms with van der Waals surface area (Å²) in [7, 11) is 1.74. The molecule has 0 aliphatic carbocycles. The number of hydrogen-bond acceptors (Lipinski definition) is 3. The molecule has 2 N–H and O–H groups in total. The summed E-state index contributed by atoms with van der Waals surface area (Å²) in [6.45, 7) is 4.75. The maximum atomic E-state index is 11.7. The zero-order chi connectivity index (χ0) is 12.8. The number of amides is 1. The van der Waals surface area contributed by atoms with Crippen molar-refractivity contribution in [1.82, 2.24) is 4.90 Å². The van der Waals surface area contributed by atoms with E-state index in [1.54, 1.807) is 18.9 Å². The largest absolute Gasteiger partial charge is 0.494 e. The Morgan fingerprint density at radius 2 is 2.06 bits per heavy atom. The Hall–Kier alpha value is -1.26. The monoisotopic (exact) mass is 272 g/mol. The molecule has 4 nitrogen and oxygen atoms in total. The number of nitrogens with zero attached hydrogens (tertiary/aromatic N) is 1. The van der Waals surface area contributed by atoms with Gasteiger partial charge in [-0.15, -0.1) is 12.4 Å². The van der Waals surface area contributed by atoms with E-state index in [9.17, 15) is 4.79 Å². The lowest BCUT2D eigenvalue weighted by molar-refractivity contribution is -0.131. The van der Waals surface area contributed by atoms with E-state index in [1.165, 1.54) is 0 Å². The van der Waals surface area contributed by atoms with E-state index >= 15 is 0 Å². The Labute approximate surface area is 115 Å². The quantitative estimate of drug-likeness (QED) is 0.889. The van der Waals surface area contributed by atoms with Crippen molar-refractivity contribution >= 4 is 18.3 Å². The van der Waals surface area contributed by atoms with Crippen molar-refractivity contribution in [2.75, 3.05) is 13.7 Å². The van der Waals surface area contributed by atoms with Gasteiger partial charge in [0.05, 0.1) is 12.6 Å². The number of hydrogen-bond donors (Lipinski definition) is 1. The molecule has 1 atom stereocenters. The average molecular weight is 273 g/mol. The van der Waals surface area contributed by atoms with Crippen LogP contribution in [0.5, 0.6) is 5.75 Å². The van der Waals surface area contributed by atoms with Crippen molar-refractivity contribution < 1.29 is 9.53 Å². The molecule has 0 spiro atoms. The van der Waals surface area contributed by atoms with E-state index < -0.39 is 6.04 Å². The van der Waals surface area contributed by atoms with Crippen molar-refractivity contribution in [3.05, 3.63) is 29.8 Å². The van der Waals surface area contributed by atoms with Crippen molar-refractivity contribution in [3.63, 3.8) is 0 Å². The molecule has 18 heavy (non-hydrogen) atoms. The van der Waals surface area contributed by atoms with E-state index in [-0.39, 0.29) is 18.3 Å². The van der Waals surface area contributed by atoms with Crippen molar-refractivity contribution in [2.45, 2.75) is 26.4 Å². The standard InChI is InChI=1S/C13H20N2O2.ClH/c1-4-17-12-8-6-5-7-11(12)9-15(3)13(16)10(2)14;/h5-8,10H,4,9,14H2,1-3H3;1H/t10-;/m0./s1. The molecule has 1 aromatic rings. The summed E-state index contributed by atoms with van der Waals surface area (Å²) in [6, 6.07) is 7.24. The third-order valence-corrected chi connectivity index (χ3v) is 2.45. The minimum atomic E-state index is -0.473. The summed E-state index contributed by atoms with van der Waals surface area (Å²) in [5, 5.41) is 0. The summed E-state index contributed by atoms with van der Waals surface area (Å²) in [4.78, 5) is 13.3. The molecule has 0 heterocycles. The molecule has 0 fully saturated rings. The summed E-state index contributed by atoms with van der Waals surface area (Å²) in [5.74, 6) is 0.746. The Balaban J connectivity index is 0.00000289. The van der Waals surface area contributed by atoms with Crippen LogP contribution in [0.3, 0.4) is 0 Å². The minimum absolute atomic E-state index is 0. The number of rotatable bonds is 5. The number of benzene rings is 1. The number of carbonyl (C=O) groups is 1. The molecule has 0 unspecified atom stereocenters. The first kappa shape index (κ1) is 16.7. The highest BCUT2D eigenvalue weighted by Crippen LogP contribution is 2.19.